The average Bonchev–Trinajstić information content (AvgIpc) is 3.35. The van der Waals surface area contributed by atoms with Gasteiger partial charge < -0.3 is 28.8 Å². The standard InChI is InChI=1S/C64H125N2O6P/c1-6-8-10-12-14-16-18-20-22-24-26-28-30-32-33-34-35-37-39-41-43-45-47-49-51-53-55-57-63(67)62(61-72-73(69,70)71-60-59-66(3,4)5)65-64(68)58-56-54-52-50-48-46-44-42-40-38-36-31-29-27-25-23-21-19-17-15-13-11-9-7-2/h39,41,47,49,55,57,62-63,67H,6-38,40,42-46,48,50-54,56,58-61H2,1-5H3,(H-,65,68,69,70)/b41-39+,49-47+,57-55+. The van der Waals surface area contributed by atoms with Crippen LogP contribution in [0.3, 0.4) is 0 Å². The highest BCUT2D eigenvalue weighted by Crippen LogP contribution is 2.38. The van der Waals surface area contributed by atoms with E-state index in [9.17, 15) is 19.4 Å². The molecule has 0 heterocycles. The molecule has 0 radical (unpaired) electrons. The Hall–Kier alpha value is -1.28. The Balaban J connectivity index is 4.19. The van der Waals surface area contributed by atoms with E-state index in [-0.39, 0.29) is 12.5 Å². The molecule has 73 heavy (non-hydrogen) atoms. The van der Waals surface area contributed by atoms with Crippen molar-refractivity contribution >= 4 is 13.7 Å². The third kappa shape index (κ3) is 58.2. The first-order valence-electron chi connectivity index (χ1n) is 31.9. The quantitative estimate of drug-likeness (QED) is 0.0272. The summed E-state index contributed by atoms with van der Waals surface area (Å²) in [5.74, 6) is -0.205. The van der Waals surface area contributed by atoms with Crippen LogP contribution in [0.1, 0.15) is 316 Å². The largest absolute Gasteiger partial charge is 0.756 e. The fraction of sp³-hybridized carbons (Fsp3) is 0.891. The highest BCUT2D eigenvalue weighted by Gasteiger charge is 2.23. The molecule has 0 aliphatic carbocycles. The van der Waals surface area contributed by atoms with Gasteiger partial charge in [-0.05, 0) is 44.9 Å². The first-order valence-corrected chi connectivity index (χ1v) is 33.3. The van der Waals surface area contributed by atoms with E-state index in [2.05, 4.69) is 43.5 Å². The van der Waals surface area contributed by atoms with Crippen molar-refractivity contribution in [2.24, 2.45) is 0 Å². The molecule has 0 fully saturated rings. The first kappa shape index (κ1) is 71.7. The van der Waals surface area contributed by atoms with Crippen LogP contribution >= 0.6 is 7.82 Å². The number of phosphoric ester groups is 1. The molecule has 0 aliphatic heterocycles. The summed E-state index contributed by atoms with van der Waals surface area (Å²) in [6.45, 7) is 4.67. The van der Waals surface area contributed by atoms with Crippen molar-refractivity contribution in [1.29, 1.82) is 0 Å². The minimum atomic E-state index is -4.61. The van der Waals surface area contributed by atoms with Crippen molar-refractivity contribution in [3.63, 3.8) is 0 Å². The zero-order chi connectivity index (χ0) is 53.5. The number of quaternary nitrogens is 1. The predicted molar refractivity (Wildman–Crippen MR) is 316 cm³/mol. The maximum atomic E-state index is 13.0. The Kier molecular flexibility index (Phi) is 54.5. The van der Waals surface area contributed by atoms with E-state index in [1.165, 1.54) is 250 Å². The Labute approximate surface area is 455 Å². The normalized spacial score (nSPS) is 14.0. The molecule has 1 amide bonds. The lowest BCUT2D eigenvalue weighted by Gasteiger charge is -2.29. The van der Waals surface area contributed by atoms with Crippen LogP contribution in [0, 0.1) is 0 Å². The van der Waals surface area contributed by atoms with Gasteiger partial charge in [0.25, 0.3) is 7.82 Å². The molecule has 0 rings (SSSR count). The third-order valence-electron chi connectivity index (χ3n) is 14.6. The summed E-state index contributed by atoms with van der Waals surface area (Å²) < 4.78 is 23.4. The second-order valence-corrected chi connectivity index (χ2v) is 24.5. The maximum absolute atomic E-state index is 13.0. The number of carbonyl (C=O) groups is 1. The molecule has 0 aromatic rings. The van der Waals surface area contributed by atoms with Crippen molar-refractivity contribution in [3.05, 3.63) is 36.5 Å². The number of unbranched alkanes of at least 4 members (excludes halogenated alkanes) is 42. The van der Waals surface area contributed by atoms with E-state index in [0.717, 1.165) is 44.9 Å². The number of rotatable bonds is 59. The van der Waals surface area contributed by atoms with Gasteiger partial charge in [0, 0.05) is 6.42 Å². The monoisotopic (exact) mass is 1050 g/mol. The van der Waals surface area contributed by atoms with Gasteiger partial charge in [-0.15, -0.1) is 0 Å². The van der Waals surface area contributed by atoms with Gasteiger partial charge in [0.15, 0.2) is 0 Å². The van der Waals surface area contributed by atoms with Crippen molar-refractivity contribution in [2.45, 2.75) is 328 Å². The minimum Gasteiger partial charge on any atom is -0.756 e. The lowest BCUT2D eigenvalue weighted by Crippen LogP contribution is -2.45. The molecule has 0 saturated carbocycles. The van der Waals surface area contributed by atoms with Gasteiger partial charge >= 0.3 is 0 Å². The Bertz CT molecular complexity index is 1280. The van der Waals surface area contributed by atoms with Crippen LogP contribution in [0.15, 0.2) is 36.5 Å². The second kappa shape index (κ2) is 55.5. The molecular formula is C64H125N2O6P. The number of phosphoric acid groups is 1. The number of amides is 1. The highest BCUT2D eigenvalue weighted by molar-refractivity contribution is 7.45. The number of aliphatic hydroxyl groups is 1. The summed E-state index contributed by atoms with van der Waals surface area (Å²) in [5, 5.41) is 13.9. The molecular weight excluding hydrogens is 924 g/mol. The van der Waals surface area contributed by atoms with E-state index in [4.69, 9.17) is 9.05 Å². The van der Waals surface area contributed by atoms with E-state index in [1.54, 1.807) is 6.08 Å². The van der Waals surface area contributed by atoms with E-state index >= 15 is 0 Å². The van der Waals surface area contributed by atoms with Gasteiger partial charge in [-0.2, -0.15) is 0 Å². The number of hydrogen-bond donors (Lipinski definition) is 2. The van der Waals surface area contributed by atoms with Gasteiger partial charge in [-0.3, -0.25) is 9.36 Å². The second-order valence-electron chi connectivity index (χ2n) is 23.1. The molecule has 8 nitrogen and oxygen atoms in total. The third-order valence-corrected chi connectivity index (χ3v) is 15.5. The van der Waals surface area contributed by atoms with Crippen LogP contribution < -0.4 is 10.2 Å². The fourth-order valence-corrected chi connectivity index (χ4v) is 10.3. The number of aliphatic hydroxyl groups excluding tert-OH is 1. The Morgan fingerprint density at radius 1 is 0.466 bits per heavy atom. The van der Waals surface area contributed by atoms with Gasteiger partial charge in [0.05, 0.1) is 39.9 Å². The molecule has 0 aromatic heterocycles. The van der Waals surface area contributed by atoms with E-state index in [0.29, 0.717) is 17.4 Å². The van der Waals surface area contributed by atoms with Crippen molar-refractivity contribution in [3.8, 4) is 0 Å². The number of nitrogens with zero attached hydrogens (tertiary/aromatic N) is 1. The first-order chi connectivity index (χ1) is 35.5. The minimum absolute atomic E-state index is 0.00720. The fourth-order valence-electron chi connectivity index (χ4n) is 9.60. The number of carbonyl (C=O) groups excluding carboxylic acids is 1. The summed E-state index contributed by atoms with van der Waals surface area (Å²) >= 11 is 0. The zero-order valence-electron chi connectivity index (χ0n) is 49.4. The topological polar surface area (TPSA) is 108 Å². The molecule has 3 unspecified atom stereocenters. The smallest absolute Gasteiger partial charge is 0.268 e. The van der Waals surface area contributed by atoms with Gasteiger partial charge in [0.2, 0.25) is 5.91 Å². The lowest BCUT2D eigenvalue weighted by molar-refractivity contribution is -0.870. The van der Waals surface area contributed by atoms with Gasteiger partial charge in [0.1, 0.15) is 13.2 Å². The van der Waals surface area contributed by atoms with E-state index in [1.807, 2.05) is 27.2 Å². The summed E-state index contributed by atoms with van der Waals surface area (Å²) in [7, 11) is 1.25. The molecule has 2 N–H and O–H groups in total. The molecule has 0 spiro atoms. The summed E-state index contributed by atoms with van der Waals surface area (Å²) in [6, 6.07) is -0.909. The van der Waals surface area contributed by atoms with Crippen LogP contribution in [0.2, 0.25) is 0 Å². The molecule has 0 saturated heterocycles. The molecule has 0 bridgehead atoms. The molecule has 0 aliphatic rings. The van der Waals surface area contributed by atoms with Crippen molar-refractivity contribution in [2.75, 3.05) is 40.9 Å². The predicted octanol–water partition coefficient (Wildman–Crippen LogP) is 19.1. The van der Waals surface area contributed by atoms with Crippen LogP contribution in [0.5, 0.6) is 0 Å². The van der Waals surface area contributed by atoms with Crippen molar-refractivity contribution in [1.82, 2.24) is 5.32 Å². The maximum Gasteiger partial charge on any atom is 0.268 e. The zero-order valence-corrected chi connectivity index (χ0v) is 50.3. The average molecular weight is 1050 g/mol. The Morgan fingerprint density at radius 3 is 1.11 bits per heavy atom. The van der Waals surface area contributed by atoms with Crippen LogP contribution in [-0.2, 0) is 18.4 Å². The highest BCUT2D eigenvalue weighted by atomic mass is 31.2. The summed E-state index contributed by atoms with van der Waals surface area (Å²) in [4.78, 5) is 25.5. The van der Waals surface area contributed by atoms with E-state index < -0.39 is 26.6 Å². The van der Waals surface area contributed by atoms with Crippen LogP contribution in [0.25, 0.3) is 0 Å². The molecule has 9 heteroatoms. The van der Waals surface area contributed by atoms with Crippen molar-refractivity contribution < 1.29 is 32.9 Å². The van der Waals surface area contributed by atoms with Gasteiger partial charge in [-0.1, -0.05) is 301 Å². The Morgan fingerprint density at radius 2 is 0.767 bits per heavy atom. The molecule has 3 atom stereocenters. The number of likely N-dealkylation sites (N-methyl/N-ethyl adjacent to an activating group) is 1. The van der Waals surface area contributed by atoms with Crippen LogP contribution in [0.4, 0.5) is 0 Å². The molecule has 432 valence electrons. The van der Waals surface area contributed by atoms with Gasteiger partial charge in [-0.25, -0.2) is 0 Å². The summed E-state index contributed by atoms with van der Waals surface area (Å²) in [5.41, 5.74) is 0. The lowest BCUT2D eigenvalue weighted by atomic mass is 10.0. The molecule has 0 aromatic carbocycles. The number of hydrogen-bond acceptors (Lipinski definition) is 6. The number of nitrogens with one attached hydrogen (secondary N) is 1. The number of allylic oxidation sites excluding steroid dienone is 5. The SMILES string of the molecule is CCCCCCCCCCCCCCCCCCC/C=C/CC/C=C/CC/C=C/C(O)C(COP(=O)([O-])OCC[N+](C)(C)C)NC(=O)CCCCCCCCCCCCCCCCCCCCCCCCCC. The van der Waals surface area contributed by atoms with Crippen LogP contribution in [-0.4, -0.2) is 68.5 Å². The summed E-state index contributed by atoms with van der Waals surface area (Å²) in [6.07, 6.45) is 72.5.